The molecule has 5 heteroatoms. The molecular formula is C18H29N3O2. The van der Waals surface area contributed by atoms with Crippen molar-refractivity contribution >= 4 is 17.7 Å². The third-order valence-electron chi connectivity index (χ3n) is 3.45. The average molecular weight is 319 g/mol. The van der Waals surface area contributed by atoms with Gasteiger partial charge in [0.25, 0.3) is 0 Å². The fourth-order valence-corrected chi connectivity index (χ4v) is 2.14. The number of benzene rings is 1. The van der Waals surface area contributed by atoms with E-state index in [1.54, 1.807) is 12.1 Å². The van der Waals surface area contributed by atoms with E-state index in [0.717, 1.165) is 25.2 Å². The Hall–Kier alpha value is -2.01. The van der Waals surface area contributed by atoms with Gasteiger partial charge in [-0.25, -0.2) is 0 Å². The van der Waals surface area contributed by atoms with Gasteiger partial charge >= 0.3 is 0 Å². The zero-order valence-corrected chi connectivity index (χ0v) is 14.6. The van der Waals surface area contributed by atoms with Gasteiger partial charge in [0.2, 0.25) is 5.91 Å². The van der Waals surface area contributed by atoms with Gasteiger partial charge in [0.1, 0.15) is 5.75 Å². The predicted octanol–water partition coefficient (Wildman–Crippen LogP) is 2.53. The van der Waals surface area contributed by atoms with Crippen molar-refractivity contribution in [1.82, 2.24) is 10.2 Å². The van der Waals surface area contributed by atoms with Crippen LogP contribution in [-0.2, 0) is 4.79 Å². The van der Waals surface area contributed by atoms with E-state index in [1.165, 1.54) is 6.08 Å². The van der Waals surface area contributed by atoms with E-state index < -0.39 is 0 Å². The summed E-state index contributed by atoms with van der Waals surface area (Å²) in [5, 5.41) is 2.88. The fourth-order valence-electron chi connectivity index (χ4n) is 2.14. The van der Waals surface area contributed by atoms with Gasteiger partial charge in [0.05, 0.1) is 11.8 Å². The largest absolute Gasteiger partial charge is 0.489 e. The monoisotopic (exact) mass is 319 g/mol. The van der Waals surface area contributed by atoms with Crippen molar-refractivity contribution in [2.75, 3.05) is 31.9 Å². The Morgan fingerprint density at radius 1 is 1.35 bits per heavy atom. The molecule has 0 unspecified atom stereocenters. The van der Waals surface area contributed by atoms with E-state index in [9.17, 15) is 4.79 Å². The molecule has 1 aromatic rings. The smallest absolute Gasteiger partial charge is 0.244 e. The standard InChI is InChI=1S/C18H29N3O2/c1-5-21(6-2)12-11-20-18(22)10-8-15-7-9-17(16(19)13-15)23-14(3)4/h7-10,13-14H,5-6,11-12,19H2,1-4H3,(H,20,22)/b10-8-. The summed E-state index contributed by atoms with van der Waals surface area (Å²) in [6.07, 6.45) is 3.36. The maximum atomic E-state index is 11.8. The van der Waals surface area contributed by atoms with Gasteiger partial charge in [0, 0.05) is 19.2 Å². The molecule has 128 valence electrons. The minimum atomic E-state index is -0.0989. The summed E-state index contributed by atoms with van der Waals surface area (Å²) in [6, 6.07) is 5.51. The Morgan fingerprint density at radius 3 is 2.61 bits per heavy atom. The van der Waals surface area contributed by atoms with Crippen LogP contribution in [0.1, 0.15) is 33.3 Å². The first kappa shape index (κ1) is 19.0. The summed E-state index contributed by atoms with van der Waals surface area (Å²) in [7, 11) is 0. The van der Waals surface area contributed by atoms with Crippen LogP contribution in [0.25, 0.3) is 6.08 Å². The number of nitrogens with zero attached hydrogens (tertiary/aromatic N) is 1. The van der Waals surface area contributed by atoms with Crippen LogP contribution in [0.2, 0.25) is 0 Å². The van der Waals surface area contributed by atoms with Crippen molar-refractivity contribution in [2.45, 2.75) is 33.8 Å². The highest BCUT2D eigenvalue weighted by atomic mass is 16.5. The van der Waals surface area contributed by atoms with Gasteiger partial charge in [-0.2, -0.15) is 0 Å². The van der Waals surface area contributed by atoms with Crippen molar-refractivity contribution in [1.29, 1.82) is 0 Å². The second-order valence-corrected chi connectivity index (χ2v) is 5.62. The molecule has 0 aromatic heterocycles. The van der Waals surface area contributed by atoms with Crippen molar-refractivity contribution in [2.24, 2.45) is 0 Å². The third-order valence-corrected chi connectivity index (χ3v) is 3.45. The molecular weight excluding hydrogens is 290 g/mol. The average Bonchev–Trinajstić information content (AvgIpc) is 2.51. The Bertz CT molecular complexity index is 523. The molecule has 0 aliphatic carbocycles. The van der Waals surface area contributed by atoms with Crippen molar-refractivity contribution in [3.63, 3.8) is 0 Å². The number of likely N-dealkylation sites (N-methyl/N-ethyl adjacent to an activating group) is 1. The molecule has 0 aliphatic heterocycles. The SMILES string of the molecule is CCN(CC)CCNC(=O)/C=C\c1ccc(OC(C)C)c(N)c1. The van der Waals surface area contributed by atoms with E-state index in [4.69, 9.17) is 10.5 Å². The highest BCUT2D eigenvalue weighted by Crippen LogP contribution is 2.24. The van der Waals surface area contributed by atoms with Crippen LogP contribution in [0, 0.1) is 0 Å². The Morgan fingerprint density at radius 2 is 2.04 bits per heavy atom. The fraction of sp³-hybridized carbons (Fsp3) is 0.500. The lowest BCUT2D eigenvalue weighted by Gasteiger charge is -2.17. The van der Waals surface area contributed by atoms with Crippen molar-refractivity contribution in [3.05, 3.63) is 29.8 Å². The highest BCUT2D eigenvalue weighted by molar-refractivity contribution is 5.91. The first-order chi connectivity index (χ1) is 11.0. The lowest BCUT2D eigenvalue weighted by molar-refractivity contribution is -0.116. The van der Waals surface area contributed by atoms with E-state index in [2.05, 4.69) is 24.1 Å². The van der Waals surface area contributed by atoms with Crippen LogP contribution >= 0.6 is 0 Å². The Labute approximate surface area is 139 Å². The van der Waals surface area contributed by atoms with Gasteiger partial charge in [-0.05, 0) is 50.7 Å². The number of nitrogen functional groups attached to an aromatic ring is 1. The number of nitrogens with two attached hydrogens (primary N) is 1. The number of carbonyl (C=O) groups is 1. The maximum Gasteiger partial charge on any atom is 0.244 e. The number of carbonyl (C=O) groups excluding carboxylic acids is 1. The minimum Gasteiger partial charge on any atom is -0.489 e. The molecule has 1 rings (SSSR count). The number of ether oxygens (including phenoxy) is 1. The van der Waals surface area contributed by atoms with Crippen LogP contribution < -0.4 is 15.8 Å². The molecule has 0 bridgehead atoms. The number of rotatable bonds is 9. The van der Waals surface area contributed by atoms with Gasteiger partial charge in [-0.1, -0.05) is 19.9 Å². The van der Waals surface area contributed by atoms with Gasteiger partial charge in [-0.3, -0.25) is 4.79 Å². The number of amides is 1. The van der Waals surface area contributed by atoms with Crippen LogP contribution in [-0.4, -0.2) is 43.1 Å². The molecule has 0 radical (unpaired) electrons. The summed E-state index contributed by atoms with van der Waals surface area (Å²) in [5.74, 6) is 0.569. The first-order valence-electron chi connectivity index (χ1n) is 8.20. The number of nitrogens with one attached hydrogen (secondary N) is 1. The molecule has 3 N–H and O–H groups in total. The molecule has 0 aliphatic rings. The first-order valence-corrected chi connectivity index (χ1v) is 8.20. The van der Waals surface area contributed by atoms with Crippen LogP contribution in [0.15, 0.2) is 24.3 Å². The van der Waals surface area contributed by atoms with Crippen molar-refractivity contribution in [3.8, 4) is 5.75 Å². The van der Waals surface area contributed by atoms with Crippen molar-refractivity contribution < 1.29 is 9.53 Å². The zero-order valence-electron chi connectivity index (χ0n) is 14.6. The van der Waals surface area contributed by atoms with Gasteiger partial charge in [-0.15, -0.1) is 0 Å². The summed E-state index contributed by atoms with van der Waals surface area (Å²) >= 11 is 0. The summed E-state index contributed by atoms with van der Waals surface area (Å²) in [4.78, 5) is 14.1. The predicted molar refractivity (Wildman–Crippen MR) is 96.5 cm³/mol. The summed E-state index contributed by atoms with van der Waals surface area (Å²) in [5.41, 5.74) is 7.40. The Balaban J connectivity index is 2.50. The minimum absolute atomic E-state index is 0.0790. The number of hydrogen-bond donors (Lipinski definition) is 2. The highest BCUT2D eigenvalue weighted by Gasteiger charge is 2.04. The second-order valence-electron chi connectivity index (χ2n) is 5.62. The zero-order chi connectivity index (χ0) is 17.2. The van der Waals surface area contributed by atoms with Crippen LogP contribution in [0.4, 0.5) is 5.69 Å². The van der Waals surface area contributed by atoms with Crippen LogP contribution in [0.3, 0.4) is 0 Å². The molecule has 0 saturated heterocycles. The van der Waals surface area contributed by atoms with Gasteiger partial charge in [0.15, 0.2) is 0 Å². The third kappa shape index (κ3) is 7.19. The van der Waals surface area contributed by atoms with E-state index in [0.29, 0.717) is 18.0 Å². The quantitative estimate of drug-likeness (QED) is 0.542. The normalized spacial score (nSPS) is 11.4. The number of anilines is 1. The number of hydrogen-bond acceptors (Lipinski definition) is 4. The Kier molecular flexibility index (Phi) is 8.19. The van der Waals surface area contributed by atoms with Gasteiger partial charge < -0.3 is 20.7 Å². The molecule has 0 spiro atoms. The molecule has 1 amide bonds. The molecule has 23 heavy (non-hydrogen) atoms. The molecule has 0 saturated carbocycles. The van der Waals surface area contributed by atoms with E-state index in [1.807, 2.05) is 26.0 Å². The van der Waals surface area contributed by atoms with Crippen LogP contribution in [0.5, 0.6) is 5.75 Å². The molecule has 0 atom stereocenters. The second kappa shape index (κ2) is 9.90. The lowest BCUT2D eigenvalue weighted by atomic mass is 10.1. The lowest BCUT2D eigenvalue weighted by Crippen LogP contribution is -2.34. The molecule has 0 heterocycles. The molecule has 5 nitrogen and oxygen atoms in total. The topological polar surface area (TPSA) is 67.6 Å². The van der Waals surface area contributed by atoms with E-state index >= 15 is 0 Å². The summed E-state index contributed by atoms with van der Waals surface area (Å²) < 4.78 is 5.59. The molecule has 0 fully saturated rings. The van der Waals surface area contributed by atoms with E-state index in [-0.39, 0.29) is 12.0 Å². The summed E-state index contributed by atoms with van der Waals surface area (Å²) in [6.45, 7) is 11.6. The molecule has 1 aromatic carbocycles. The maximum absolute atomic E-state index is 11.8.